The first kappa shape index (κ1) is 19.8. The molecule has 0 aliphatic carbocycles. The highest BCUT2D eigenvalue weighted by Gasteiger charge is 2.23. The summed E-state index contributed by atoms with van der Waals surface area (Å²) in [6, 6.07) is 15.1. The summed E-state index contributed by atoms with van der Waals surface area (Å²) >= 11 is 0. The zero-order valence-corrected chi connectivity index (χ0v) is 17.4. The van der Waals surface area contributed by atoms with Crippen LogP contribution in [-0.4, -0.2) is 48.5 Å². The molecule has 0 radical (unpaired) electrons. The monoisotopic (exact) mass is 407 g/mol. The Morgan fingerprint density at radius 2 is 1.77 bits per heavy atom. The van der Waals surface area contributed by atoms with Gasteiger partial charge in [0.15, 0.2) is 11.5 Å². The van der Waals surface area contributed by atoms with Crippen molar-refractivity contribution in [1.29, 1.82) is 0 Å². The van der Waals surface area contributed by atoms with Gasteiger partial charge in [0.1, 0.15) is 5.75 Å². The van der Waals surface area contributed by atoms with E-state index in [1.54, 1.807) is 39.5 Å². The van der Waals surface area contributed by atoms with Crippen LogP contribution in [-0.2, 0) is 13.1 Å². The third-order valence-corrected chi connectivity index (χ3v) is 5.30. The normalized spacial score (nSPS) is 13.4. The fourth-order valence-corrected chi connectivity index (χ4v) is 3.71. The smallest absolute Gasteiger partial charge is 0.254 e. The third kappa shape index (κ3) is 3.83. The molecule has 7 heteroatoms. The molecular weight excluding hydrogens is 382 g/mol. The minimum Gasteiger partial charge on any atom is -0.497 e. The first-order chi connectivity index (χ1) is 14.6. The SMILES string of the molecule is COc1cccc(-c2cc3n(n2)CCCN(C(=O)c2ccc(OC)c(OC)c2)C3)c1. The first-order valence-electron chi connectivity index (χ1n) is 9.85. The summed E-state index contributed by atoms with van der Waals surface area (Å²) in [7, 11) is 4.80. The van der Waals surface area contributed by atoms with Crippen LogP contribution in [0.15, 0.2) is 48.5 Å². The number of benzene rings is 2. The number of fused-ring (bicyclic) bond motifs is 1. The Balaban J connectivity index is 1.59. The number of carbonyl (C=O) groups excluding carboxylic acids is 1. The standard InChI is InChI=1S/C23H25N3O4/c1-28-19-7-4-6-16(12-19)20-14-18-15-25(10-5-11-26(18)24-20)23(27)17-8-9-21(29-2)22(13-17)30-3/h4,6-9,12-14H,5,10-11,15H2,1-3H3. The van der Waals surface area contributed by atoms with Crippen molar-refractivity contribution in [2.24, 2.45) is 0 Å². The van der Waals surface area contributed by atoms with Crippen LogP contribution in [0.4, 0.5) is 0 Å². The van der Waals surface area contributed by atoms with Gasteiger partial charge in [0.2, 0.25) is 0 Å². The van der Waals surface area contributed by atoms with E-state index in [1.807, 2.05) is 33.8 Å². The predicted molar refractivity (Wildman–Crippen MR) is 113 cm³/mol. The summed E-state index contributed by atoms with van der Waals surface area (Å²) in [6.07, 6.45) is 0.839. The number of carbonyl (C=O) groups is 1. The second-order valence-electron chi connectivity index (χ2n) is 7.13. The van der Waals surface area contributed by atoms with Crippen LogP contribution in [0.5, 0.6) is 17.2 Å². The Kier molecular flexibility index (Phi) is 5.61. The van der Waals surface area contributed by atoms with Gasteiger partial charge >= 0.3 is 0 Å². The fraction of sp³-hybridized carbons (Fsp3) is 0.304. The van der Waals surface area contributed by atoms with E-state index in [0.29, 0.717) is 30.2 Å². The van der Waals surface area contributed by atoms with E-state index in [-0.39, 0.29) is 5.91 Å². The molecule has 1 aliphatic heterocycles. The number of rotatable bonds is 5. The zero-order chi connectivity index (χ0) is 21.1. The average Bonchev–Trinajstić information content (AvgIpc) is 3.09. The number of aryl methyl sites for hydroxylation is 1. The second-order valence-corrected chi connectivity index (χ2v) is 7.13. The fourth-order valence-electron chi connectivity index (χ4n) is 3.71. The third-order valence-electron chi connectivity index (χ3n) is 5.30. The molecule has 4 rings (SSSR count). The summed E-state index contributed by atoms with van der Waals surface area (Å²) in [4.78, 5) is 15.0. The van der Waals surface area contributed by atoms with E-state index in [9.17, 15) is 4.79 Å². The zero-order valence-electron chi connectivity index (χ0n) is 17.4. The Bertz CT molecular complexity index is 1060. The van der Waals surface area contributed by atoms with Crippen molar-refractivity contribution in [3.8, 4) is 28.5 Å². The molecule has 1 aromatic heterocycles. The largest absolute Gasteiger partial charge is 0.497 e. The molecule has 3 aromatic rings. The first-order valence-corrected chi connectivity index (χ1v) is 9.85. The van der Waals surface area contributed by atoms with Crippen molar-refractivity contribution < 1.29 is 19.0 Å². The van der Waals surface area contributed by atoms with Gasteiger partial charge in [-0.1, -0.05) is 12.1 Å². The van der Waals surface area contributed by atoms with Gasteiger partial charge in [0.05, 0.1) is 39.3 Å². The maximum Gasteiger partial charge on any atom is 0.254 e. The molecule has 1 aliphatic rings. The van der Waals surface area contributed by atoms with Crippen LogP contribution in [0.2, 0.25) is 0 Å². The molecule has 1 amide bonds. The van der Waals surface area contributed by atoms with Crippen LogP contribution in [0, 0.1) is 0 Å². The Morgan fingerprint density at radius 3 is 2.53 bits per heavy atom. The molecule has 156 valence electrons. The maximum absolute atomic E-state index is 13.2. The molecule has 2 heterocycles. The van der Waals surface area contributed by atoms with E-state index in [4.69, 9.17) is 19.3 Å². The topological polar surface area (TPSA) is 65.8 Å². The highest BCUT2D eigenvalue weighted by atomic mass is 16.5. The molecular formula is C23H25N3O4. The van der Waals surface area contributed by atoms with Crippen molar-refractivity contribution in [2.75, 3.05) is 27.9 Å². The molecule has 7 nitrogen and oxygen atoms in total. The van der Waals surface area contributed by atoms with Gasteiger partial charge < -0.3 is 19.1 Å². The lowest BCUT2D eigenvalue weighted by atomic mass is 10.1. The summed E-state index contributed by atoms with van der Waals surface area (Å²) < 4.78 is 17.9. The number of amides is 1. The van der Waals surface area contributed by atoms with Gasteiger partial charge in [-0.25, -0.2) is 0 Å². The minimum atomic E-state index is -0.0338. The molecule has 0 atom stereocenters. The molecule has 30 heavy (non-hydrogen) atoms. The Hall–Kier alpha value is -3.48. The molecule has 0 bridgehead atoms. The van der Waals surface area contributed by atoms with Gasteiger partial charge in [-0.2, -0.15) is 5.10 Å². The number of hydrogen-bond acceptors (Lipinski definition) is 5. The lowest BCUT2D eigenvalue weighted by molar-refractivity contribution is 0.0745. The van der Waals surface area contributed by atoms with Crippen LogP contribution < -0.4 is 14.2 Å². The number of hydrogen-bond donors (Lipinski definition) is 0. The second kappa shape index (κ2) is 8.49. The Labute approximate surface area is 175 Å². The van der Waals surface area contributed by atoms with Crippen LogP contribution in [0.25, 0.3) is 11.3 Å². The van der Waals surface area contributed by atoms with E-state index < -0.39 is 0 Å². The lowest BCUT2D eigenvalue weighted by Gasteiger charge is -2.20. The molecule has 0 spiro atoms. The number of ether oxygens (including phenoxy) is 3. The van der Waals surface area contributed by atoms with E-state index in [0.717, 1.165) is 35.7 Å². The van der Waals surface area contributed by atoms with Crippen molar-refractivity contribution >= 4 is 5.91 Å². The Morgan fingerprint density at radius 1 is 0.933 bits per heavy atom. The highest BCUT2D eigenvalue weighted by molar-refractivity contribution is 5.95. The van der Waals surface area contributed by atoms with Gasteiger partial charge in [0.25, 0.3) is 5.91 Å². The van der Waals surface area contributed by atoms with Gasteiger partial charge in [-0.05, 0) is 42.8 Å². The van der Waals surface area contributed by atoms with Gasteiger partial charge in [-0.15, -0.1) is 0 Å². The van der Waals surface area contributed by atoms with Gasteiger partial charge in [-0.3, -0.25) is 9.48 Å². The number of nitrogens with zero attached hydrogens (tertiary/aromatic N) is 3. The van der Waals surface area contributed by atoms with E-state index in [2.05, 4.69) is 6.07 Å². The highest BCUT2D eigenvalue weighted by Crippen LogP contribution is 2.29. The minimum absolute atomic E-state index is 0.0338. The number of aromatic nitrogens is 2. The molecule has 2 aromatic carbocycles. The molecule has 0 N–H and O–H groups in total. The summed E-state index contributed by atoms with van der Waals surface area (Å²) in [5.74, 6) is 1.91. The predicted octanol–water partition coefficient (Wildman–Crippen LogP) is 3.62. The summed E-state index contributed by atoms with van der Waals surface area (Å²) in [5, 5.41) is 4.76. The quantitative estimate of drug-likeness (QED) is 0.646. The van der Waals surface area contributed by atoms with Crippen LogP contribution in [0.3, 0.4) is 0 Å². The van der Waals surface area contributed by atoms with Crippen LogP contribution in [0.1, 0.15) is 22.5 Å². The summed E-state index contributed by atoms with van der Waals surface area (Å²) in [6.45, 7) is 1.95. The van der Waals surface area contributed by atoms with Crippen molar-refractivity contribution in [1.82, 2.24) is 14.7 Å². The molecule has 0 unspecified atom stereocenters. The van der Waals surface area contributed by atoms with Crippen molar-refractivity contribution in [3.05, 3.63) is 59.8 Å². The van der Waals surface area contributed by atoms with Crippen molar-refractivity contribution in [3.63, 3.8) is 0 Å². The number of methoxy groups -OCH3 is 3. The van der Waals surface area contributed by atoms with Crippen molar-refractivity contribution in [2.45, 2.75) is 19.5 Å². The molecule has 0 fully saturated rings. The molecule has 0 saturated carbocycles. The average molecular weight is 407 g/mol. The van der Waals surface area contributed by atoms with E-state index >= 15 is 0 Å². The summed E-state index contributed by atoms with van der Waals surface area (Å²) in [5.41, 5.74) is 3.46. The van der Waals surface area contributed by atoms with Crippen LogP contribution >= 0.6 is 0 Å². The van der Waals surface area contributed by atoms with Gasteiger partial charge in [0, 0.05) is 24.2 Å². The van der Waals surface area contributed by atoms with E-state index in [1.165, 1.54) is 0 Å². The molecule has 0 saturated heterocycles. The lowest BCUT2D eigenvalue weighted by Crippen LogP contribution is -2.30. The maximum atomic E-state index is 13.2.